The van der Waals surface area contributed by atoms with E-state index in [0.717, 1.165) is 31.4 Å². The summed E-state index contributed by atoms with van der Waals surface area (Å²) in [7, 11) is 1.61. The zero-order chi connectivity index (χ0) is 17.2. The second-order valence-electron chi connectivity index (χ2n) is 6.69. The Kier molecular flexibility index (Phi) is 4.30. The Hall–Kier alpha value is -2.56. The zero-order valence-electron chi connectivity index (χ0n) is 14.3. The van der Waals surface area contributed by atoms with Crippen LogP contribution < -0.4 is 9.47 Å². The lowest BCUT2D eigenvalue weighted by atomic mass is 9.98. The zero-order valence-corrected chi connectivity index (χ0v) is 14.3. The average Bonchev–Trinajstić information content (AvgIpc) is 2.92. The summed E-state index contributed by atoms with van der Waals surface area (Å²) in [6, 6.07) is 11.7. The largest absolute Gasteiger partial charge is 0.496 e. The molecule has 0 N–H and O–H groups in total. The Morgan fingerprint density at radius 3 is 2.44 bits per heavy atom. The maximum absolute atomic E-state index is 13.1. The molecule has 1 aromatic heterocycles. The van der Waals surface area contributed by atoms with Crippen molar-refractivity contribution in [1.82, 2.24) is 9.88 Å². The molecule has 2 bridgehead atoms. The van der Waals surface area contributed by atoms with E-state index in [2.05, 4.69) is 9.88 Å². The molecule has 2 aliphatic rings. The number of nitrogens with zero attached hydrogens (tertiary/aromatic N) is 2. The van der Waals surface area contributed by atoms with Crippen LogP contribution in [0, 0.1) is 0 Å². The number of aromatic nitrogens is 1. The van der Waals surface area contributed by atoms with Gasteiger partial charge in [0, 0.05) is 37.3 Å². The highest BCUT2D eigenvalue weighted by molar-refractivity contribution is 5.97. The molecule has 2 atom stereocenters. The van der Waals surface area contributed by atoms with E-state index in [0.29, 0.717) is 11.3 Å². The Labute approximate surface area is 147 Å². The number of carbonyl (C=O) groups excluding carboxylic acids is 1. The summed E-state index contributed by atoms with van der Waals surface area (Å²) < 4.78 is 11.5. The third kappa shape index (κ3) is 3.06. The van der Waals surface area contributed by atoms with Crippen LogP contribution in [0.4, 0.5) is 0 Å². The summed E-state index contributed by atoms with van der Waals surface area (Å²) in [5, 5.41) is 0. The van der Waals surface area contributed by atoms with Crippen LogP contribution in [0.15, 0.2) is 48.8 Å². The smallest absolute Gasteiger partial charge is 0.258 e. The molecular weight excluding hydrogens is 316 g/mol. The van der Waals surface area contributed by atoms with Gasteiger partial charge in [0.2, 0.25) is 0 Å². The Morgan fingerprint density at radius 2 is 1.76 bits per heavy atom. The topological polar surface area (TPSA) is 51.7 Å². The van der Waals surface area contributed by atoms with E-state index >= 15 is 0 Å². The highest BCUT2D eigenvalue weighted by Crippen LogP contribution is 2.39. The van der Waals surface area contributed by atoms with E-state index in [1.54, 1.807) is 19.5 Å². The molecule has 1 aromatic carbocycles. The minimum absolute atomic E-state index is 0.0762. The minimum atomic E-state index is 0.0762. The number of benzene rings is 1. The first-order chi connectivity index (χ1) is 12.3. The van der Waals surface area contributed by atoms with Crippen LogP contribution in [0.2, 0.25) is 0 Å². The van der Waals surface area contributed by atoms with Crippen molar-refractivity contribution in [3.05, 3.63) is 54.4 Å². The van der Waals surface area contributed by atoms with Gasteiger partial charge in [-0.25, -0.2) is 0 Å². The number of rotatable bonds is 4. The molecule has 2 aliphatic heterocycles. The first kappa shape index (κ1) is 15.9. The Morgan fingerprint density at radius 1 is 1.08 bits per heavy atom. The van der Waals surface area contributed by atoms with Gasteiger partial charge in [-0.05, 0) is 37.1 Å². The van der Waals surface area contributed by atoms with Gasteiger partial charge in [-0.1, -0.05) is 12.1 Å². The van der Waals surface area contributed by atoms with Crippen molar-refractivity contribution in [2.45, 2.75) is 43.9 Å². The summed E-state index contributed by atoms with van der Waals surface area (Å²) in [5.41, 5.74) is 0.649. The number of ether oxygens (including phenoxy) is 2. The molecule has 4 rings (SSSR count). The maximum atomic E-state index is 13.1. The van der Waals surface area contributed by atoms with Crippen molar-refractivity contribution in [2.75, 3.05) is 7.11 Å². The van der Waals surface area contributed by atoms with Crippen molar-refractivity contribution in [3.63, 3.8) is 0 Å². The highest BCUT2D eigenvalue weighted by Gasteiger charge is 2.44. The number of hydrogen-bond donors (Lipinski definition) is 0. The molecule has 3 heterocycles. The molecule has 5 nitrogen and oxygen atoms in total. The number of carbonyl (C=O) groups is 1. The van der Waals surface area contributed by atoms with Gasteiger partial charge in [0.15, 0.2) is 0 Å². The Balaban J connectivity index is 1.50. The van der Waals surface area contributed by atoms with Gasteiger partial charge in [0.25, 0.3) is 5.91 Å². The SMILES string of the molecule is COc1ccccc1C(=O)N1C2CCC1CC(Oc1ccncc1)C2. The second kappa shape index (κ2) is 6.75. The summed E-state index contributed by atoms with van der Waals surface area (Å²) in [5.74, 6) is 1.57. The minimum Gasteiger partial charge on any atom is -0.496 e. The predicted octanol–water partition coefficient (Wildman–Crippen LogP) is 3.30. The molecule has 5 heteroatoms. The van der Waals surface area contributed by atoms with Gasteiger partial charge in [-0.15, -0.1) is 0 Å². The van der Waals surface area contributed by atoms with E-state index in [-0.39, 0.29) is 24.1 Å². The quantitative estimate of drug-likeness (QED) is 0.858. The summed E-state index contributed by atoms with van der Waals surface area (Å²) >= 11 is 0. The lowest BCUT2D eigenvalue weighted by Crippen LogP contribution is -2.49. The highest BCUT2D eigenvalue weighted by atomic mass is 16.5. The predicted molar refractivity (Wildman–Crippen MR) is 93.9 cm³/mol. The van der Waals surface area contributed by atoms with Crippen LogP contribution in [0.5, 0.6) is 11.5 Å². The van der Waals surface area contributed by atoms with Crippen LogP contribution in [0.3, 0.4) is 0 Å². The third-order valence-electron chi connectivity index (χ3n) is 5.21. The van der Waals surface area contributed by atoms with Gasteiger partial charge in [-0.2, -0.15) is 0 Å². The van der Waals surface area contributed by atoms with Crippen molar-refractivity contribution >= 4 is 5.91 Å². The van der Waals surface area contributed by atoms with Gasteiger partial charge in [0.05, 0.1) is 12.7 Å². The molecule has 0 spiro atoms. The van der Waals surface area contributed by atoms with Crippen molar-refractivity contribution < 1.29 is 14.3 Å². The van der Waals surface area contributed by atoms with Gasteiger partial charge >= 0.3 is 0 Å². The monoisotopic (exact) mass is 338 g/mol. The van der Waals surface area contributed by atoms with E-state index in [1.807, 2.05) is 36.4 Å². The summed E-state index contributed by atoms with van der Waals surface area (Å²) in [6.07, 6.45) is 7.47. The second-order valence-corrected chi connectivity index (χ2v) is 6.69. The standard InChI is InChI=1S/C20H22N2O3/c1-24-19-5-3-2-4-18(19)20(23)22-14-6-7-15(22)13-17(12-14)25-16-8-10-21-11-9-16/h2-5,8-11,14-15,17H,6-7,12-13H2,1H3. The molecule has 0 radical (unpaired) electrons. The first-order valence-corrected chi connectivity index (χ1v) is 8.78. The number of para-hydroxylation sites is 1. The van der Waals surface area contributed by atoms with E-state index in [4.69, 9.17) is 9.47 Å². The van der Waals surface area contributed by atoms with Gasteiger partial charge in [0.1, 0.15) is 17.6 Å². The normalized spacial score (nSPS) is 24.8. The number of pyridine rings is 1. The maximum Gasteiger partial charge on any atom is 0.258 e. The first-order valence-electron chi connectivity index (χ1n) is 8.78. The molecule has 130 valence electrons. The fraction of sp³-hybridized carbons (Fsp3) is 0.400. The van der Waals surface area contributed by atoms with Crippen LogP contribution in [-0.2, 0) is 0 Å². The summed E-state index contributed by atoms with van der Waals surface area (Å²) in [4.78, 5) is 19.2. The fourth-order valence-corrected chi connectivity index (χ4v) is 4.12. The molecule has 2 saturated heterocycles. The third-order valence-corrected chi connectivity index (χ3v) is 5.21. The molecule has 2 aromatic rings. The van der Waals surface area contributed by atoms with E-state index in [9.17, 15) is 4.79 Å². The summed E-state index contributed by atoms with van der Waals surface area (Å²) in [6.45, 7) is 0. The average molecular weight is 338 g/mol. The lowest BCUT2D eigenvalue weighted by molar-refractivity contribution is 0.0356. The fourth-order valence-electron chi connectivity index (χ4n) is 4.12. The van der Waals surface area contributed by atoms with Crippen LogP contribution in [-0.4, -0.2) is 41.1 Å². The number of piperidine rings is 1. The van der Waals surface area contributed by atoms with Crippen molar-refractivity contribution in [3.8, 4) is 11.5 Å². The number of fused-ring (bicyclic) bond motifs is 2. The van der Waals surface area contributed by atoms with Crippen LogP contribution in [0.25, 0.3) is 0 Å². The van der Waals surface area contributed by atoms with Crippen molar-refractivity contribution in [1.29, 1.82) is 0 Å². The number of methoxy groups -OCH3 is 1. The Bertz CT molecular complexity index is 736. The van der Waals surface area contributed by atoms with Crippen LogP contribution in [0.1, 0.15) is 36.0 Å². The van der Waals surface area contributed by atoms with E-state index < -0.39 is 0 Å². The van der Waals surface area contributed by atoms with E-state index in [1.165, 1.54) is 0 Å². The molecule has 0 saturated carbocycles. The molecule has 25 heavy (non-hydrogen) atoms. The molecular formula is C20H22N2O3. The number of amides is 1. The molecule has 0 aliphatic carbocycles. The molecule has 2 fully saturated rings. The van der Waals surface area contributed by atoms with Gasteiger partial charge < -0.3 is 14.4 Å². The molecule has 1 amide bonds. The van der Waals surface area contributed by atoms with Crippen molar-refractivity contribution in [2.24, 2.45) is 0 Å². The lowest BCUT2D eigenvalue weighted by Gasteiger charge is -2.39. The van der Waals surface area contributed by atoms with Crippen LogP contribution >= 0.6 is 0 Å². The number of hydrogen-bond acceptors (Lipinski definition) is 4. The molecule has 2 unspecified atom stereocenters. The van der Waals surface area contributed by atoms with Gasteiger partial charge in [-0.3, -0.25) is 9.78 Å².